The van der Waals surface area contributed by atoms with E-state index in [0.29, 0.717) is 11.8 Å². The SMILES string of the molecule is CC(C)COCC/C=C/c1ccn(CC(C)C)n1. The van der Waals surface area contributed by atoms with Crippen molar-refractivity contribution in [3.8, 4) is 0 Å². The van der Waals surface area contributed by atoms with E-state index >= 15 is 0 Å². The Morgan fingerprint density at radius 1 is 1.28 bits per heavy atom. The van der Waals surface area contributed by atoms with Gasteiger partial charge in [-0.15, -0.1) is 0 Å². The lowest BCUT2D eigenvalue weighted by Gasteiger charge is -2.04. The molecule has 1 aromatic rings. The topological polar surface area (TPSA) is 27.1 Å². The third kappa shape index (κ3) is 6.60. The van der Waals surface area contributed by atoms with Crippen LogP contribution in [0.3, 0.4) is 0 Å². The van der Waals surface area contributed by atoms with Gasteiger partial charge in [0.25, 0.3) is 0 Å². The zero-order valence-electron chi connectivity index (χ0n) is 12.1. The number of rotatable bonds is 8. The average Bonchev–Trinajstić information content (AvgIpc) is 2.69. The molecule has 1 rings (SSSR count). The standard InChI is InChI=1S/C15H26N2O/c1-13(2)11-17-9-8-15(16-17)7-5-6-10-18-12-14(3)4/h5,7-9,13-14H,6,10-12H2,1-4H3/b7-5+. The van der Waals surface area contributed by atoms with Gasteiger partial charge in [-0.3, -0.25) is 4.68 Å². The largest absolute Gasteiger partial charge is 0.381 e. The molecular formula is C15H26N2O. The first-order valence-electron chi connectivity index (χ1n) is 6.85. The van der Waals surface area contributed by atoms with Gasteiger partial charge in [0, 0.05) is 19.3 Å². The molecule has 0 aliphatic rings. The summed E-state index contributed by atoms with van der Waals surface area (Å²) in [5, 5.41) is 4.49. The van der Waals surface area contributed by atoms with E-state index in [1.54, 1.807) is 0 Å². The molecule has 0 amide bonds. The van der Waals surface area contributed by atoms with Gasteiger partial charge in [0.15, 0.2) is 0 Å². The molecule has 1 aromatic heterocycles. The molecule has 0 aliphatic heterocycles. The van der Waals surface area contributed by atoms with Gasteiger partial charge in [0.1, 0.15) is 0 Å². The summed E-state index contributed by atoms with van der Waals surface area (Å²) in [5.74, 6) is 1.24. The van der Waals surface area contributed by atoms with Crippen LogP contribution in [0.15, 0.2) is 18.3 Å². The van der Waals surface area contributed by atoms with Gasteiger partial charge in [-0.2, -0.15) is 5.10 Å². The lowest BCUT2D eigenvalue weighted by atomic mass is 10.2. The fraction of sp³-hybridized carbons (Fsp3) is 0.667. The van der Waals surface area contributed by atoms with Crippen LogP contribution in [0.5, 0.6) is 0 Å². The highest BCUT2D eigenvalue weighted by molar-refractivity contribution is 5.43. The molecule has 102 valence electrons. The van der Waals surface area contributed by atoms with Crippen molar-refractivity contribution in [3.63, 3.8) is 0 Å². The second kappa shape index (κ2) is 8.09. The van der Waals surface area contributed by atoms with Crippen LogP contribution < -0.4 is 0 Å². The van der Waals surface area contributed by atoms with E-state index in [2.05, 4.69) is 44.9 Å². The predicted octanol–water partition coefficient (Wildman–Crippen LogP) is 3.62. The van der Waals surface area contributed by atoms with Gasteiger partial charge in [-0.05, 0) is 30.4 Å². The Hall–Kier alpha value is -1.09. The highest BCUT2D eigenvalue weighted by Gasteiger charge is 1.98. The fourth-order valence-corrected chi connectivity index (χ4v) is 1.62. The van der Waals surface area contributed by atoms with Crippen molar-refractivity contribution in [2.24, 2.45) is 11.8 Å². The molecule has 0 radical (unpaired) electrons. The minimum Gasteiger partial charge on any atom is -0.381 e. The molecule has 0 spiro atoms. The first-order chi connectivity index (χ1) is 8.58. The van der Waals surface area contributed by atoms with Crippen LogP contribution >= 0.6 is 0 Å². The van der Waals surface area contributed by atoms with E-state index < -0.39 is 0 Å². The molecule has 1 heterocycles. The third-order valence-corrected chi connectivity index (χ3v) is 2.38. The fourth-order valence-electron chi connectivity index (χ4n) is 1.62. The molecule has 0 unspecified atom stereocenters. The maximum absolute atomic E-state index is 5.51. The number of hydrogen-bond acceptors (Lipinski definition) is 2. The van der Waals surface area contributed by atoms with Crippen molar-refractivity contribution >= 4 is 6.08 Å². The van der Waals surface area contributed by atoms with Crippen LogP contribution in [0.2, 0.25) is 0 Å². The number of aromatic nitrogens is 2. The summed E-state index contributed by atoms with van der Waals surface area (Å²) in [6.45, 7) is 11.3. The second-order valence-corrected chi connectivity index (χ2v) is 5.52. The van der Waals surface area contributed by atoms with Gasteiger partial charge in [-0.25, -0.2) is 0 Å². The third-order valence-electron chi connectivity index (χ3n) is 2.38. The Bertz CT molecular complexity index is 353. The number of ether oxygens (including phenoxy) is 1. The summed E-state index contributed by atoms with van der Waals surface area (Å²) in [7, 11) is 0. The van der Waals surface area contributed by atoms with Crippen molar-refractivity contribution in [2.45, 2.75) is 40.7 Å². The quantitative estimate of drug-likeness (QED) is 0.659. The molecule has 0 atom stereocenters. The lowest BCUT2D eigenvalue weighted by molar-refractivity contribution is 0.114. The second-order valence-electron chi connectivity index (χ2n) is 5.52. The van der Waals surface area contributed by atoms with E-state index in [0.717, 1.165) is 31.9 Å². The van der Waals surface area contributed by atoms with E-state index in [-0.39, 0.29) is 0 Å². The van der Waals surface area contributed by atoms with Crippen molar-refractivity contribution in [1.82, 2.24) is 9.78 Å². The highest BCUT2D eigenvalue weighted by Crippen LogP contribution is 2.03. The van der Waals surface area contributed by atoms with E-state index in [1.165, 1.54) is 0 Å². The summed E-state index contributed by atoms with van der Waals surface area (Å²) < 4.78 is 7.51. The Balaban J connectivity index is 2.23. The Morgan fingerprint density at radius 2 is 2.06 bits per heavy atom. The molecule has 0 fully saturated rings. The molecule has 0 bridgehead atoms. The smallest absolute Gasteiger partial charge is 0.0847 e. The zero-order chi connectivity index (χ0) is 13.4. The predicted molar refractivity (Wildman–Crippen MR) is 76.4 cm³/mol. The Morgan fingerprint density at radius 3 is 2.72 bits per heavy atom. The van der Waals surface area contributed by atoms with Crippen molar-refractivity contribution in [1.29, 1.82) is 0 Å². The van der Waals surface area contributed by atoms with Crippen LogP contribution in [-0.2, 0) is 11.3 Å². The van der Waals surface area contributed by atoms with Crippen LogP contribution in [-0.4, -0.2) is 23.0 Å². The monoisotopic (exact) mass is 250 g/mol. The van der Waals surface area contributed by atoms with Gasteiger partial charge < -0.3 is 4.74 Å². The van der Waals surface area contributed by atoms with E-state index in [4.69, 9.17) is 4.74 Å². The lowest BCUT2D eigenvalue weighted by Crippen LogP contribution is -2.04. The number of hydrogen-bond donors (Lipinski definition) is 0. The van der Waals surface area contributed by atoms with Crippen LogP contribution in [0.4, 0.5) is 0 Å². The Kier molecular flexibility index (Phi) is 6.73. The van der Waals surface area contributed by atoms with Crippen LogP contribution in [0, 0.1) is 11.8 Å². The molecular weight excluding hydrogens is 224 g/mol. The molecule has 18 heavy (non-hydrogen) atoms. The van der Waals surface area contributed by atoms with Crippen LogP contribution in [0.25, 0.3) is 6.08 Å². The maximum atomic E-state index is 5.51. The van der Waals surface area contributed by atoms with E-state index in [9.17, 15) is 0 Å². The molecule has 3 nitrogen and oxygen atoms in total. The maximum Gasteiger partial charge on any atom is 0.0847 e. The summed E-state index contributed by atoms with van der Waals surface area (Å²) in [5.41, 5.74) is 1.03. The highest BCUT2D eigenvalue weighted by atomic mass is 16.5. The van der Waals surface area contributed by atoms with Crippen molar-refractivity contribution in [3.05, 3.63) is 24.0 Å². The molecule has 0 saturated carbocycles. The molecule has 0 saturated heterocycles. The summed E-state index contributed by atoms with van der Waals surface area (Å²) in [6.07, 6.45) is 7.18. The molecule has 0 aliphatic carbocycles. The molecule has 3 heteroatoms. The Labute approximate surface area is 111 Å². The minimum atomic E-state index is 0.612. The van der Waals surface area contributed by atoms with Crippen molar-refractivity contribution < 1.29 is 4.74 Å². The normalized spacial score (nSPS) is 12.1. The van der Waals surface area contributed by atoms with E-state index in [1.807, 2.05) is 16.9 Å². The average molecular weight is 250 g/mol. The van der Waals surface area contributed by atoms with Gasteiger partial charge in [0.2, 0.25) is 0 Å². The first kappa shape index (κ1) is 15.0. The minimum absolute atomic E-state index is 0.612. The van der Waals surface area contributed by atoms with Gasteiger partial charge in [-0.1, -0.05) is 33.8 Å². The summed E-state index contributed by atoms with van der Waals surface area (Å²) >= 11 is 0. The summed E-state index contributed by atoms with van der Waals surface area (Å²) in [6, 6.07) is 2.05. The van der Waals surface area contributed by atoms with Crippen molar-refractivity contribution in [2.75, 3.05) is 13.2 Å². The molecule has 0 N–H and O–H groups in total. The van der Waals surface area contributed by atoms with Gasteiger partial charge in [0.05, 0.1) is 12.3 Å². The molecule has 0 aromatic carbocycles. The van der Waals surface area contributed by atoms with Crippen LogP contribution in [0.1, 0.15) is 39.8 Å². The van der Waals surface area contributed by atoms with Gasteiger partial charge >= 0.3 is 0 Å². The summed E-state index contributed by atoms with van der Waals surface area (Å²) in [4.78, 5) is 0. The number of nitrogens with zero attached hydrogens (tertiary/aromatic N) is 2. The first-order valence-corrected chi connectivity index (χ1v) is 6.85. The zero-order valence-corrected chi connectivity index (χ0v) is 12.1.